The zero-order valence-electron chi connectivity index (χ0n) is 13.4. The Kier molecular flexibility index (Phi) is 4.86. The highest BCUT2D eigenvalue weighted by Crippen LogP contribution is 2.28. The molecule has 0 unspecified atom stereocenters. The van der Waals surface area contributed by atoms with E-state index < -0.39 is 17.3 Å². The van der Waals surface area contributed by atoms with Crippen molar-refractivity contribution in [2.75, 3.05) is 6.61 Å². The minimum atomic E-state index is -0.829. The van der Waals surface area contributed by atoms with Crippen molar-refractivity contribution in [3.8, 4) is 0 Å². The standard InChI is InChI=1S/C19H15ClFNO3/c1-2-25-19(24)15-16(20)14-10-13(21)9-12(17(14)22-18(15)23)8-11-6-4-3-5-7-11/h3-7,9-10H,2,8H2,1H3,(H,22,23). The maximum Gasteiger partial charge on any atom is 0.345 e. The second-order valence-electron chi connectivity index (χ2n) is 5.51. The van der Waals surface area contributed by atoms with Gasteiger partial charge in [-0.3, -0.25) is 4.79 Å². The molecule has 0 aliphatic heterocycles. The smallest absolute Gasteiger partial charge is 0.345 e. The number of pyridine rings is 1. The molecular formula is C19H15ClFNO3. The van der Waals surface area contributed by atoms with Crippen LogP contribution in [0.15, 0.2) is 47.3 Å². The Balaban J connectivity index is 2.21. The molecule has 0 aliphatic rings. The molecule has 0 aliphatic carbocycles. The van der Waals surface area contributed by atoms with E-state index in [-0.39, 0.29) is 22.6 Å². The number of H-pyrrole nitrogens is 1. The van der Waals surface area contributed by atoms with E-state index in [4.69, 9.17) is 16.3 Å². The van der Waals surface area contributed by atoms with Crippen molar-refractivity contribution in [1.82, 2.24) is 4.98 Å². The summed E-state index contributed by atoms with van der Waals surface area (Å²) >= 11 is 6.24. The Labute approximate surface area is 148 Å². The Bertz CT molecular complexity index is 999. The van der Waals surface area contributed by atoms with Gasteiger partial charge in [-0.15, -0.1) is 0 Å². The number of aromatic nitrogens is 1. The molecule has 0 saturated heterocycles. The first kappa shape index (κ1) is 17.2. The van der Waals surface area contributed by atoms with E-state index in [9.17, 15) is 14.0 Å². The molecule has 1 heterocycles. The first-order valence-corrected chi connectivity index (χ1v) is 8.14. The normalized spacial score (nSPS) is 10.8. The van der Waals surface area contributed by atoms with Gasteiger partial charge >= 0.3 is 5.97 Å². The number of ether oxygens (including phenoxy) is 1. The van der Waals surface area contributed by atoms with Gasteiger partial charge in [0.1, 0.15) is 11.4 Å². The lowest BCUT2D eigenvalue weighted by Gasteiger charge is -2.11. The van der Waals surface area contributed by atoms with Gasteiger partial charge in [0.15, 0.2) is 0 Å². The number of esters is 1. The van der Waals surface area contributed by atoms with Crippen LogP contribution in [0.1, 0.15) is 28.4 Å². The van der Waals surface area contributed by atoms with Crippen molar-refractivity contribution in [3.63, 3.8) is 0 Å². The predicted molar refractivity (Wildman–Crippen MR) is 94.7 cm³/mol. The van der Waals surface area contributed by atoms with Crippen LogP contribution in [0.25, 0.3) is 10.9 Å². The van der Waals surface area contributed by atoms with E-state index in [2.05, 4.69) is 4.98 Å². The Morgan fingerprint density at radius 2 is 1.96 bits per heavy atom. The quantitative estimate of drug-likeness (QED) is 0.714. The van der Waals surface area contributed by atoms with Crippen LogP contribution < -0.4 is 5.56 Å². The first-order chi connectivity index (χ1) is 12.0. The average Bonchev–Trinajstić information content (AvgIpc) is 2.57. The number of halogens is 2. The highest BCUT2D eigenvalue weighted by Gasteiger charge is 2.21. The van der Waals surface area contributed by atoms with E-state index in [1.165, 1.54) is 12.1 Å². The molecule has 1 N–H and O–H groups in total. The summed E-state index contributed by atoms with van der Waals surface area (Å²) in [6.07, 6.45) is 0.417. The third kappa shape index (κ3) is 3.42. The van der Waals surface area contributed by atoms with Gasteiger partial charge in [0.05, 0.1) is 17.1 Å². The van der Waals surface area contributed by atoms with Gasteiger partial charge in [-0.1, -0.05) is 41.9 Å². The summed E-state index contributed by atoms with van der Waals surface area (Å²) in [6, 6.07) is 12.0. The molecule has 0 radical (unpaired) electrons. The van der Waals surface area contributed by atoms with Crippen molar-refractivity contribution in [2.45, 2.75) is 13.3 Å². The van der Waals surface area contributed by atoms with Crippen LogP contribution in [0.3, 0.4) is 0 Å². The predicted octanol–water partition coefficient (Wildman–Crippen LogP) is 4.09. The fourth-order valence-electron chi connectivity index (χ4n) is 2.74. The number of nitrogens with one attached hydrogen (secondary N) is 1. The van der Waals surface area contributed by atoms with E-state index in [0.717, 1.165) is 5.56 Å². The van der Waals surface area contributed by atoms with Gasteiger partial charge in [0.25, 0.3) is 5.56 Å². The van der Waals surface area contributed by atoms with Crippen molar-refractivity contribution < 1.29 is 13.9 Å². The molecule has 6 heteroatoms. The zero-order chi connectivity index (χ0) is 18.0. The number of carbonyl (C=O) groups is 1. The molecular weight excluding hydrogens is 345 g/mol. The lowest BCUT2D eigenvalue weighted by molar-refractivity contribution is 0.0524. The highest BCUT2D eigenvalue weighted by atomic mass is 35.5. The van der Waals surface area contributed by atoms with Crippen LogP contribution in [-0.2, 0) is 11.2 Å². The lowest BCUT2D eigenvalue weighted by Crippen LogP contribution is -2.21. The molecule has 0 fully saturated rings. The number of benzene rings is 2. The molecule has 0 spiro atoms. The fourth-order valence-corrected chi connectivity index (χ4v) is 3.05. The van der Waals surface area contributed by atoms with E-state index in [0.29, 0.717) is 17.5 Å². The summed E-state index contributed by atoms with van der Waals surface area (Å²) in [5.41, 5.74) is 0.980. The summed E-state index contributed by atoms with van der Waals surface area (Å²) in [7, 11) is 0. The molecule has 0 amide bonds. The first-order valence-electron chi connectivity index (χ1n) is 7.76. The lowest BCUT2D eigenvalue weighted by atomic mass is 10.0. The third-order valence-electron chi connectivity index (χ3n) is 3.82. The molecule has 1 aromatic heterocycles. The van der Waals surface area contributed by atoms with Gasteiger partial charge in [-0.2, -0.15) is 0 Å². The molecule has 3 rings (SSSR count). The van der Waals surface area contributed by atoms with Crippen molar-refractivity contribution >= 4 is 28.5 Å². The van der Waals surface area contributed by atoms with Crippen LogP contribution in [0, 0.1) is 5.82 Å². The van der Waals surface area contributed by atoms with Crippen LogP contribution >= 0.6 is 11.6 Å². The van der Waals surface area contributed by atoms with Crippen molar-refractivity contribution in [2.24, 2.45) is 0 Å². The largest absolute Gasteiger partial charge is 0.462 e. The molecule has 0 atom stereocenters. The van der Waals surface area contributed by atoms with Crippen molar-refractivity contribution in [1.29, 1.82) is 0 Å². The zero-order valence-corrected chi connectivity index (χ0v) is 14.2. The molecule has 2 aromatic carbocycles. The molecule has 4 nitrogen and oxygen atoms in total. The minimum absolute atomic E-state index is 0.106. The van der Waals surface area contributed by atoms with Crippen LogP contribution in [0.2, 0.25) is 5.02 Å². The molecule has 0 bridgehead atoms. The molecule has 3 aromatic rings. The summed E-state index contributed by atoms with van der Waals surface area (Å²) in [5, 5.41) is 0.168. The molecule has 25 heavy (non-hydrogen) atoms. The number of aromatic amines is 1. The number of hydrogen-bond donors (Lipinski definition) is 1. The van der Waals surface area contributed by atoms with Crippen LogP contribution in [0.4, 0.5) is 4.39 Å². The van der Waals surface area contributed by atoms with Gasteiger partial charge in [-0.25, -0.2) is 9.18 Å². The Morgan fingerprint density at radius 3 is 2.64 bits per heavy atom. The monoisotopic (exact) mass is 359 g/mol. The number of carbonyl (C=O) groups excluding carboxylic acids is 1. The molecule has 128 valence electrons. The Hall–Kier alpha value is -2.66. The van der Waals surface area contributed by atoms with Crippen LogP contribution in [0.5, 0.6) is 0 Å². The number of fused-ring (bicyclic) bond motifs is 1. The third-order valence-corrected chi connectivity index (χ3v) is 4.22. The highest BCUT2D eigenvalue weighted by molar-refractivity contribution is 6.38. The summed E-state index contributed by atoms with van der Waals surface area (Å²) in [5.74, 6) is -1.33. The van der Waals surface area contributed by atoms with Crippen molar-refractivity contribution in [3.05, 3.63) is 80.3 Å². The maximum atomic E-state index is 14.1. The number of hydrogen-bond acceptors (Lipinski definition) is 3. The van der Waals surface area contributed by atoms with E-state index in [1.807, 2.05) is 30.3 Å². The minimum Gasteiger partial charge on any atom is -0.462 e. The van der Waals surface area contributed by atoms with Gasteiger partial charge < -0.3 is 9.72 Å². The van der Waals surface area contributed by atoms with Gasteiger partial charge in [-0.05, 0) is 36.6 Å². The Morgan fingerprint density at radius 1 is 1.24 bits per heavy atom. The van der Waals surface area contributed by atoms with Crippen LogP contribution in [-0.4, -0.2) is 17.6 Å². The van der Waals surface area contributed by atoms with E-state index >= 15 is 0 Å². The summed E-state index contributed by atoms with van der Waals surface area (Å²) in [6.45, 7) is 1.73. The second kappa shape index (κ2) is 7.07. The van der Waals surface area contributed by atoms with Gasteiger partial charge in [0, 0.05) is 5.39 Å². The topological polar surface area (TPSA) is 59.2 Å². The fraction of sp³-hybridized carbons (Fsp3) is 0.158. The second-order valence-corrected chi connectivity index (χ2v) is 5.89. The summed E-state index contributed by atoms with van der Waals surface area (Å²) < 4.78 is 19.0. The molecule has 0 saturated carbocycles. The SMILES string of the molecule is CCOC(=O)c1c(Cl)c2cc(F)cc(Cc3ccccc3)c2[nH]c1=O. The van der Waals surface area contributed by atoms with E-state index in [1.54, 1.807) is 6.92 Å². The summed E-state index contributed by atoms with van der Waals surface area (Å²) in [4.78, 5) is 26.9. The average molecular weight is 360 g/mol. The van der Waals surface area contributed by atoms with Gasteiger partial charge in [0.2, 0.25) is 0 Å². The number of rotatable bonds is 4. The maximum absolute atomic E-state index is 14.1.